The normalized spacial score (nSPS) is 11.0. The van der Waals surface area contributed by atoms with Crippen LogP contribution in [0.25, 0.3) is 0 Å². The van der Waals surface area contributed by atoms with Crippen LogP contribution in [-0.4, -0.2) is 33.4 Å². The fourth-order valence-electron chi connectivity index (χ4n) is 2.04. The van der Waals surface area contributed by atoms with Crippen molar-refractivity contribution in [2.75, 3.05) is 11.9 Å². The first-order chi connectivity index (χ1) is 9.81. The Morgan fingerprint density at radius 2 is 2.00 bits per heavy atom. The number of amides is 2. The Hall–Kier alpha value is -2.05. The first-order valence-electron chi connectivity index (χ1n) is 7.13. The molecule has 1 aromatic rings. The van der Waals surface area contributed by atoms with Crippen LogP contribution in [0.4, 0.5) is 10.5 Å². The smallest absolute Gasteiger partial charge is 0.319 e. The molecule has 1 heterocycles. The van der Waals surface area contributed by atoms with E-state index in [9.17, 15) is 9.59 Å². The molecule has 0 saturated heterocycles. The number of aromatic nitrogens is 2. The molecule has 1 rings (SSSR count). The SMILES string of the molecule is CC(C)Cn1ncc(NC(=O)NCCC(=O)O)c1C(C)C. The molecule has 21 heavy (non-hydrogen) atoms. The molecule has 0 aliphatic heterocycles. The molecule has 1 aromatic heterocycles. The number of carboxylic acids is 1. The monoisotopic (exact) mass is 296 g/mol. The summed E-state index contributed by atoms with van der Waals surface area (Å²) < 4.78 is 1.90. The zero-order valence-electron chi connectivity index (χ0n) is 13.0. The van der Waals surface area contributed by atoms with Gasteiger partial charge in [-0.15, -0.1) is 0 Å². The summed E-state index contributed by atoms with van der Waals surface area (Å²) in [5, 5.41) is 18.1. The van der Waals surface area contributed by atoms with Crippen molar-refractivity contribution in [2.45, 2.75) is 46.6 Å². The van der Waals surface area contributed by atoms with E-state index >= 15 is 0 Å². The summed E-state index contributed by atoms with van der Waals surface area (Å²) in [5.74, 6) is -0.261. The third-order valence-corrected chi connectivity index (χ3v) is 2.84. The number of anilines is 1. The number of carbonyl (C=O) groups is 2. The van der Waals surface area contributed by atoms with E-state index in [1.54, 1.807) is 6.20 Å². The van der Waals surface area contributed by atoms with Crippen molar-refractivity contribution >= 4 is 17.7 Å². The van der Waals surface area contributed by atoms with Gasteiger partial charge in [-0.2, -0.15) is 5.10 Å². The fraction of sp³-hybridized carbons (Fsp3) is 0.643. The summed E-state index contributed by atoms with van der Waals surface area (Å²) in [6.45, 7) is 9.19. The minimum atomic E-state index is -0.942. The zero-order chi connectivity index (χ0) is 16.0. The van der Waals surface area contributed by atoms with Gasteiger partial charge in [0.05, 0.1) is 24.0 Å². The molecule has 2 amide bonds. The van der Waals surface area contributed by atoms with Crippen LogP contribution in [0.5, 0.6) is 0 Å². The molecule has 7 nitrogen and oxygen atoms in total. The number of hydrogen-bond donors (Lipinski definition) is 3. The second kappa shape index (κ2) is 7.66. The lowest BCUT2D eigenvalue weighted by molar-refractivity contribution is -0.136. The quantitative estimate of drug-likeness (QED) is 0.719. The van der Waals surface area contributed by atoms with Crippen molar-refractivity contribution in [1.29, 1.82) is 0 Å². The highest BCUT2D eigenvalue weighted by Crippen LogP contribution is 2.24. The first-order valence-corrected chi connectivity index (χ1v) is 7.13. The summed E-state index contributed by atoms with van der Waals surface area (Å²) >= 11 is 0. The number of aliphatic carboxylic acids is 1. The van der Waals surface area contributed by atoms with E-state index in [-0.39, 0.29) is 18.9 Å². The Morgan fingerprint density at radius 3 is 2.52 bits per heavy atom. The van der Waals surface area contributed by atoms with Crippen LogP contribution < -0.4 is 10.6 Å². The third kappa shape index (κ3) is 5.45. The van der Waals surface area contributed by atoms with Crippen molar-refractivity contribution < 1.29 is 14.7 Å². The molecule has 0 unspecified atom stereocenters. The van der Waals surface area contributed by atoms with E-state index in [4.69, 9.17) is 5.11 Å². The zero-order valence-corrected chi connectivity index (χ0v) is 13.0. The summed E-state index contributed by atoms with van der Waals surface area (Å²) in [6, 6.07) is -0.415. The molecule has 0 spiro atoms. The van der Waals surface area contributed by atoms with E-state index in [1.807, 2.05) is 18.5 Å². The molecule has 0 atom stereocenters. The third-order valence-electron chi connectivity index (χ3n) is 2.84. The number of nitrogens with zero attached hydrogens (tertiary/aromatic N) is 2. The summed E-state index contributed by atoms with van der Waals surface area (Å²) in [7, 11) is 0. The highest BCUT2D eigenvalue weighted by atomic mass is 16.4. The average Bonchev–Trinajstić information content (AvgIpc) is 2.70. The molecule has 0 aromatic carbocycles. The lowest BCUT2D eigenvalue weighted by atomic mass is 10.1. The van der Waals surface area contributed by atoms with Crippen molar-refractivity contribution in [3.63, 3.8) is 0 Å². The topological polar surface area (TPSA) is 96.3 Å². The minimum absolute atomic E-state index is 0.0955. The Morgan fingerprint density at radius 1 is 1.33 bits per heavy atom. The predicted molar refractivity (Wildman–Crippen MR) is 80.4 cm³/mol. The molecular formula is C14H24N4O3. The van der Waals surface area contributed by atoms with Crippen LogP contribution in [0.15, 0.2) is 6.20 Å². The van der Waals surface area contributed by atoms with E-state index in [0.717, 1.165) is 12.2 Å². The number of hydrogen-bond acceptors (Lipinski definition) is 3. The van der Waals surface area contributed by atoms with Gasteiger partial charge in [-0.05, 0) is 11.8 Å². The summed E-state index contributed by atoms with van der Waals surface area (Å²) in [4.78, 5) is 22.2. The highest BCUT2D eigenvalue weighted by molar-refractivity contribution is 5.90. The van der Waals surface area contributed by atoms with Crippen LogP contribution in [-0.2, 0) is 11.3 Å². The molecular weight excluding hydrogens is 272 g/mol. The molecule has 118 valence electrons. The van der Waals surface area contributed by atoms with Gasteiger partial charge in [0.2, 0.25) is 0 Å². The van der Waals surface area contributed by atoms with Gasteiger partial charge in [-0.3, -0.25) is 9.48 Å². The second-order valence-electron chi connectivity index (χ2n) is 5.70. The lowest BCUT2D eigenvalue weighted by Gasteiger charge is -2.15. The van der Waals surface area contributed by atoms with E-state index in [0.29, 0.717) is 11.6 Å². The molecule has 0 bridgehead atoms. The highest BCUT2D eigenvalue weighted by Gasteiger charge is 2.16. The minimum Gasteiger partial charge on any atom is -0.481 e. The molecule has 3 N–H and O–H groups in total. The summed E-state index contributed by atoms with van der Waals surface area (Å²) in [6.07, 6.45) is 1.53. The van der Waals surface area contributed by atoms with Crippen molar-refractivity contribution in [2.24, 2.45) is 5.92 Å². The second-order valence-corrected chi connectivity index (χ2v) is 5.70. The lowest BCUT2D eigenvalue weighted by Crippen LogP contribution is -2.31. The van der Waals surface area contributed by atoms with Gasteiger partial charge in [0, 0.05) is 13.1 Å². The number of nitrogens with one attached hydrogen (secondary N) is 2. The molecule has 0 aliphatic carbocycles. The predicted octanol–water partition coefficient (Wildman–Crippen LogP) is 2.26. The number of rotatable bonds is 7. The van der Waals surface area contributed by atoms with Gasteiger partial charge < -0.3 is 15.7 Å². The van der Waals surface area contributed by atoms with Crippen LogP contribution in [0.1, 0.15) is 45.7 Å². The molecule has 7 heteroatoms. The van der Waals surface area contributed by atoms with Crippen LogP contribution in [0.3, 0.4) is 0 Å². The van der Waals surface area contributed by atoms with Gasteiger partial charge >= 0.3 is 12.0 Å². The Kier molecular flexibility index (Phi) is 6.20. The van der Waals surface area contributed by atoms with Crippen molar-refractivity contribution in [3.8, 4) is 0 Å². The van der Waals surface area contributed by atoms with Gasteiger partial charge in [-0.1, -0.05) is 27.7 Å². The van der Waals surface area contributed by atoms with Crippen LogP contribution in [0.2, 0.25) is 0 Å². The average molecular weight is 296 g/mol. The first kappa shape index (κ1) is 17.0. The van der Waals surface area contributed by atoms with E-state index in [2.05, 4.69) is 29.6 Å². The molecule has 0 radical (unpaired) electrons. The number of urea groups is 1. The maximum absolute atomic E-state index is 11.7. The number of carboxylic acid groups (broad SMARTS) is 1. The van der Waals surface area contributed by atoms with Crippen molar-refractivity contribution in [3.05, 3.63) is 11.9 Å². The van der Waals surface area contributed by atoms with Gasteiger partial charge in [0.15, 0.2) is 0 Å². The van der Waals surface area contributed by atoms with Crippen molar-refractivity contribution in [1.82, 2.24) is 15.1 Å². The standard InChI is InChI=1S/C14H24N4O3/c1-9(2)8-18-13(10(3)4)11(7-16-18)17-14(21)15-6-5-12(19)20/h7,9-10H,5-6,8H2,1-4H3,(H,19,20)(H2,15,17,21). The fourth-order valence-corrected chi connectivity index (χ4v) is 2.04. The summed E-state index contributed by atoms with van der Waals surface area (Å²) in [5.41, 5.74) is 1.63. The Labute approximate surface area is 124 Å². The van der Waals surface area contributed by atoms with Crippen LogP contribution in [0, 0.1) is 5.92 Å². The molecule has 0 saturated carbocycles. The number of carbonyl (C=O) groups excluding carboxylic acids is 1. The maximum atomic E-state index is 11.7. The molecule has 0 aliphatic rings. The van der Waals surface area contributed by atoms with E-state index in [1.165, 1.54) is 0 Å². The molecule has 0 fully saturated rings. The maximum Gasteiger partial charge on any atom is 0.319 e. The van der Waals surface area contributed by atoms with Crippen LogP contribution >= 0.6 is 0 Å². The largest absolute Gasteiger partial charge is 0.481 e. The van der Waals surface area contributed by atoms with Gasteiger partial charge in [0.1, 0.15) is 0 Å². The van der Waals surface area contributed by atoms with Gasteiger partial charge in [0.25, 0.3) is 0 Å². The Bertz CT molecular complexity index is 494. The Balaban J connectivity index is 2.72. The van der Waals surface area contributed by atoms with Gasteiger partial charge in [-0.25, -0.2) is 4.79 Å². The van der Waals surface area contributed by atoms with E-state index < -0.39 is 12.0 Å².